The Morgan fingerprint density at radius 2 is 1.93 bits per heavy atom. The van der Waals surface area contributed by atoms with Crippen LogP contribution in [0.25, 0.3) is 0 Å². The molecule has 0 bridgehead atoms. The first-order valence-electron chi connectivity index (χ1n) is 9.55. The van der Waals surface area contributed by atoms with Gasteiger partial charge in [-0.2, -0.15) is 0 Å². The van der Waals surface area contributed by atoms with E-state index in [2.05, 4.69) is 5.32 Å². The molecule has 8 heteroatoms. The monoisotopic (exact) mass is 392 g/mol. The predicted octanol–water partition coefficient (Wildman–Crippen LogP) is 1.77. The number of carbonyl (C=O) groups is 3. The van der Waals surface area contributed by atoms with Crippen LogP contribution in [0.1, 0.15) is 44.5 Å². The molecule has 1 aromatic rings. The van der Waals surface area contributed by atoms with Gasteiger partial charge >= 0.3 is 5.97 Å². The highest BCUT2D eigenvalue weighted by atomic mass is 16.5. The van der Waals surface area contributed by atoms with E-state index in [9.17, 15) is 14.4 Å². The standard InChI is InChI=1S/C20H28N2O6/c1-5-26-14-7-8-15(17(11-14)27-6-2)20(25)22-10-9-21-19(24)16(22)12-18(23)28-13(3)4/h7-8,11,13,16H,5-6,9-10,12H2,1-4H3,(H,21,24). The molecule has 2 rings (SSSR count). The van der Waals surface area contributed by atoms with Crippen molar-refractivity contribution in [3.05, 3.63) is 23.8 Å². The van der Waals surface area contributed by atoms with Gasteiger partial charge in [0.2, 0.25) is 5.91 Å². The molecule has 1 aliphatic heterocycles. The van der Waals surface area contributed by atoms with E-state index >= 15 is 0 Å². The van der Waals surface area contributed by atoms with Gasteiger partial charge in [-0.25, -0.2) is 0 Å². The fraction of sp³-hybridized carbons (Fsp3) is 0.550. The first-order chi connectivity index (χ1) is 13.4. The third kappa shape index (κ3) is 5.37. The summed E-state index contributed by atoms with van der Waals surface area (Å²) in [6.45, 7) is 8.63. The van der Waals surface area contributed by atoms with Gasteiger partial charge in [-0.3, -0.25) is 14.4 Å². The summed E-state index contributed by atoms with van der Waals surface area (Å²) in [5.41, 5.74) is 0.322. The zero-order chi connectivity index (χ0) is 20.7. The van der Waals surface area contributed by atoms with Gasteiger partial charge in [0, 0.05) is 19.2 Å². The summed E-state index contributed by atoms with van der Waals surface area (Å²) in [5, 5.41) is 2.70. The van der Waals surface area contributed by atoms with Crippen LogP contribution >= 0.6 is 0 Å². The lowest BCUT2D eigenvalue weighted by atomic mass is 10.1. The number of amides is 2. The number of hydrogen-bond donors (Lipinski definition) is 1. The van der Waals surface area contributed by atoms with E-state index in [1.54, 1.807) is 32.0 Å². The second-order valence-electron chi connectivity index (χ2n) is 6.57. The van der Waals surface area contributed by atoms with Gasteiger partial charge in [-0.05, 0) is 39.8 Å². The van der Waals surface area contributed by atoms with Crippen LogP contribution in [-0.4, -0.2) is 61.1 Å². The number of nitrogens with zero attached hydrogens (tertiary/aromatic N) is 1. The van der Waals surface area contributed by atoms with Gasteiger partial charge in [0.15, 0.2) is 0 Å². The van der Waals surface area contributed by atoms with Crippen molar-refractivity contribution < 1.29 is 28.6 Å². The van der Waals surface area contributed by atoms with Crippen molar-refractivity contribution in [3.8, 4) is 11.5 Å². The third-order valence-corrected chi connectivity index (χ3v) is 4.11. The van der Waals surface area contributed by atoms with Gasteiger partial charge in [-0.15, -0.1) is 0 Å². The van der Waals surface area contributed by atoms with Crippen LogP contribution in [0.2, 0.25) is 0 Å². The number of ether oxygens (including phenoxy) is 3. The Labute approximate surface area is 165 Å². The number of esters is 1. The Morgan fingerprint density at radius 1 is 1.21 bits per heavy atom. The average molecular weight is 392 g/mol. The largest absolute Gasteiger partial charge is 0.494 e. The summed E-state index contributed by atoms with van der Waals surface area (Å²) in [7, 11) is 0. The number of piperazine rings is 1. The Bertz CT molecular complexity index is 719. The van der Waals surface area contributed by atoms with E-state index in [1.807, 2.05) is 13.8 Å². The highest BCUT2D eigenvalue weighted by Gasteiger charge is 2.36. The summed E-state index contributed by atoms with van der Waals surface area (Å²) in [6, 6.07) is 4.04. The maximum atomic E-state index is 13.2. The quantitative estimate of drug-likeness (QED) is 0.678. The summed E-state index contributed by atoms with van der Waals surface area (Å²) in [6.07, 6.45) is -0.490. The Balaban J connectivity index is 2.28. The minimum atomic E-state index is -0.923. The Hall–Kier alpha value is -2.77. The van der Waals surface area contributed by atoms with Gasteiger partial charge in [0.25, 0.3) is 5.91 Å². The molecular formula is C20H28N2O6. The summed E-state index contributed by atoms with van der Waals surface area (Å²) >= 11 is 0. The average Bonchev–Trinajstić information content (AvgIpc) is 2.63. The van der Waals surface area contributed by atoms with Gasteiger partial charge in [0.05, 0.1) is 31.3 Å². The smallest absolute Gasteiger partial charge is 0.308 e. The number of rotatable bonds is 8. The van der Waals surface area contributed by atoms with Crippen LogP contribution in [-0.2, 0) is 14.3 Å². The maximum absolute atomic E-state index is 13.2. The lowest BCUT2D eigenvalue weighted by molar-refractivity contribution is -0.151. The molecule has 1 saturated heterocycles. The summed E-state index contributed by atoms with van der Waals surface area (Å²) in [4.78, 5) is 39.0. The van der Waals surface area contributed by atoms with Crippen molar-refractivity contribution in [2.24, 2.45) is 0 Å². The molecule has 8 nitrogen and oxygen atoms in total. The van der Waals surface area contributed by atoms with E-state index in [1.165, 1.54) is 4.90 Å². The van der Waals surface area contributed by atoms with Crippen molar-refractivity contribution >= 4 is 17.8 Å². The molecule has 1 heterocycles. The van der Waals surface area contributed by atoms with E-state index in [4.69, 9.17) is 14.2 Å². The molecule has 1 aliphatic rings. The molecule has 0 aliphatic carbocycles. The lowest BCUT2D eigenvalue weighted by Crippen LogP contribution is -2.58. The maximum Gasteiger partial charge on any atom is 0.308 e. The topological polar surface area (TPSA) is 94.2 Å². The SMILES string of the molecule is CCOc1ccc(C(=O)N2CCNC(=O)C2CC(=O)OC(C)C)c(OCC)c1. The van der Waals surface area contributed by atoms with Crippen LogP contribution in [0.15, 0.2) is 18.2 Å². The van der Waals surface area contributed by atoms with Gasteiger partial charge in [0.1, 0.15) is 17.5 Å². The molecule has 28 heavy (non-hydrogen) atoms. The molecule has 0 radical (unpaired) electrons. The zero-order valence-corrected chi connectivity index (χ0v) is 16.8. The van der Waals surface area contributed by atoms with Gasteiger partial charge in [-0.1, -0.05) is 0 Å². The fourth-order valence-electron chi connectivity index (χ4n) is 3.00. The van der Waals surface area contributed by atoms with Crippen LogP contribution in [0.5, 0.6) is 11.5 Å². The Kier molecular flexibility index (Phi) is 7.66. The van der Waals surface area contributed by atoms with Crippen LogP contribution in [0.3, 0.4) is 0 Å². The second kappa shape index (κ2) is 9.96. The minimum Gasteiger partial charge on any atom is -0.494 e. The normalized spacial score (nSPS) is 16.5. The van der Waals surface area contributed by atoms with Crippen molar-refractivity contribution in [2.75, 3.05) is 26.3 Å². The first kappa shape index (κ1) is 21.5. The molecule has 154 valence electrons. The molecular weight excluding hydrogens is 364 g/mol. The zero-order valence-electron chi connectivity index (χ0n) is 16.8. The number of nitrogens with one attached hydrogen (secondary N) is 1. The van der Waals surface area contributed by atoms with Crippen molar-refractivity contribution in [1.29, 1.82) is 0 Å². The fourth-order valence-corrected chi connectivity index (χ4v) is 3.00. The van der Waals surface area contributed by atoms with Crippen LogP contribution < -0.4 is 14.8 Å². The molecule has 1 unspecified atom stereocenters. The molecule has 0 aromatic heterocycles. The minimum absolute atomic E-state index is 0.198. The van der Waals surface area contributed by atoms with E-state index in [0.29, 0.717) is 43.4 Å². The van der Waals surface area contributed by atoms with E-state index in [-0.39, 0.29) is 24.3 Å². The highest BCUT2D eigenvalue weighted by molar-refractivity contribution is 6.01. The molecule has 1 fully saturated rings. The van der Waals surface area contributed by atoms with Gasteiger partial charge < -0.3 is 24.4 Å². The molecule has 0 spiro atoms. The molecule has 2 amide bonds. The lowest BCUT2D eigenvalue weighted by Gasteiger charge is -2.35. The number of benzene rings is 1. The summed E-state index contributed by atoms with van der Waals surface area (Å²) in [5.74, 6) is -0.289. The molecule has 1 atom stereocenters. The van der Waals surface area contributed by atoms with E-state index < -0.39 is 12.0 Å². The number of hydrogen-bond acceptors (Lipinski definition) is 6. The van der Waals surface area contributed by atoms with Crippen molar-refractivity contribution in [2.45, 2.75) is 46.3 Å². The molecule has 0 saturated carbocycles. The van der Waals surface area contributed by atoms with Crippen LogP contribution in [0, 0.1) is 0 Å². The highest BCUT2D eigenvalue weighted by Crippen LogP contribution is 2.28. The van der Waals surface area contributed by atoms with Crippen LogP contribution in [0.4, 0.5) is 0 Å². The summed E-state index contributed by atoms with van der Waals surface area (Å²) < 4.78 is 16.2. The third-order valence-electron chi connectivity index (χ3n) is 4.11. The predicted molar refractivity (Wildman–Crippen MR) is 102 cm³/mol. The van der Waals surface area contributed by atoms with E-state index in [0.717, 1.165) is 0 Å². The first-order valence-corrected chi connectivity index (χ1v) is 9.55. The number of carbonyl (C=O) groups excluding carboxylic acids is 3. The molecule has 1 aromatic carbocycles. The molecule has 1 N–H and O–H groups in total. The second-order valence-corrected chi connectivity index (χ2v) is 6.57. The Morgan fingerprint density at radius 3 is 2.57 bits per heavy atom. The van der Waals surface area contributed by atoms with Crippen molar-refractivity contribution in [1.82, 2.24) is 10.2 Å². The van der Waals surface area contributed by atoms with Crippen molar-refractivity contribution in [3.63, 3.8) is 0 Å².